The number of nitrogens with one attached hydrogen (secondary N) is 3. The van der Waals surface area contributed by atoms with Crippen molar-refractivity contribution in [3.63, 3.8) is 0 Å². The number of aryl methyl sites for hydroxylation is 1. The summed E-state index contributed by atoms with van der Waals surface area (Å²) < 4.78 is 14.3. The summed E-state index contributed by atoms with van der Waals surface area (Å²) >= 11 is 0. The van der Waals surface area contributed by atoms with Gasteiger partial charge in [0.1, 0.15) is 17.9 Å². The van der Waals surface area contributed by atoms with Gasteiger partial charge >= 0.3 is 18.0 Å². The Labute approximate surface area is 408 Å². The molecule has 0 bridgehead atoms. The summed E-state index contributed by atoms with van der Waals surface area (Å²) in [5.74, 6) is -3.62. The molecular weight excluding hydrogens is 892 g/mol. The number of hydrazine groups is 1. The maximum absolute atomic E-state index is 15.3. The molecule has 0 fully saturated rings. The summed E-state index contributed by atoms with van der Waals surface area (Å²) in [5, 5.41) is 9.07. The van der Waals surface area contributed by atoms with Crippen molar-refractivity contribution in [1.29, 1.82) is 0 Å². The first-order valence-corrected chi connectivity index (χ1v) is 23.2. The predicted octanol–water partition coefficient (Wildman–Crippen LogP) is 7.33. The molecule has 3 atom stereocenters. The minimum Gasteiger partial charge on any atom is -0.331 e. The van der Waals surface area contributed by atoms with E-state index < -0.39 is 65.6 Å². The lowest BCUT2D eigenvalue weighted by molar-refractivity contribution is -0.184. The van der Waals surface area contributed by atoms with Crippen molar-refractivity contribution in [2.45, 2.75) is 78.3 Å². The number of nitrogens with zero attached hydrogens (tertiary/aromatic N) is 7. The van der Waals surface area contributed by atoms with Crippen LogP contribution in [0.5, 0.6) is 0 Å². The first-order chi connectivity index (χ1) is 33.6. The maximum Gasteiger partial charge on any atom is 0.381 e. The number of benzene rings is 3. The molecule has 6 amide bonds. The van der Waals surface area contributed by atoms with Crippen LogP contribution in [0.15, 0.2) is 140 Å². The third-order valence-corrected chi connectivity index (χ3v) is 11.5. The Hall–Kier alpha value is -7.79. The van der Waals surface area contributed by atoms with Crippen LogP contribution in [0.2, 0.25) is 0 Å². The summed E-state index contributed by atoms with van der Waals surface area (Å²) in [6.45, 7) is 7.30. The number of urea groups is 2. The van der Waals surface area contributed by atoms with Gasteiger partial charge in [-0.05, 0) is 84.3 Å². The summed E-state index contributed by atoms with van der Waals surface area (Å²) in [7, 11) is 3.18. The van der Waals surface area contributed by atoms with Crippen LogP contribution in [-0.2, 0) is 40.5 Å². The SMILES string of the molecule is CC(C)[C@H](NC(=O)N(C)Cc1ccccn1)C(=O)NN(Cc1ccc(F)cc1)C[C@H](CCc1ccccc1)N(OC(=O)c1ccc2ccccc2n1)C(=O)[C@@H](NC(=O)N(C)Cc1ccccn1)C(C)C. The van der Waals surface area contributed by atoms with Crippen molar-refractivity contribution in [3.8, 4) is 0 Å². The van der Waals surface area contributed by atoms with Crippen LogP contribution in [0, 0.1) is 17.7 Å². The van der Waals surface area contributed by atoms with Gasteiger partial charge in [-0.2, -0.15) is 5.06 Å². The van der Waals surface area contributed by atoms with Gasteiger partial charge in [-0.15, -0.1) is 0 Å². The molecule has 0 saturated heterocycles. The molecule has 3 heterocycles. The lowest BCUT2D eigenvalue weighted by Gasteiger charge is -2.37. The zero-order valence-corrected chi connectivity index (χ0v) is 40.4. The molecule has 17 heteroatoms. The molecular formula is C53H61FN10O6. The van der Waals surface area contributed by atoms with E-state index in [9.17, 15) is 23.6 Å². The van der Waals surface area contributed by atoms with Gasteiger partial charge in [-0.1, -0.05) is 107 Å². The van der Waals surface area contributed by atoms with Gasteiger partial charge in [-0.25, -0.2) is 28.8 Å². The Morgan fingerprint density at radius 3 is 1.79 bits per heavy atom. The van der Waals surface area contributed by atoms with Crippen LogP contribution in [-0.4, -0.2) is 103 Å². The highest BCUT2D eigenvalue weighted by Gasteiger charge is 2.38. The fourth-order valence-electron chi connectivity index (χ4n) is 7.60. The highest BCUT2D eigenvalue weighted by Crippen LogP contribution is 2.21. The number of hydrogen-bond donors (Lipinski definition) is 3. The van der Waals surface area contributed by atoms with E-state index >= 15 is 4.79 Å². The molecule has 6 aromatic rings. The number of pyridine rings is 3. The molecule has 16 nitrogen and oxygen atoms in total. The standard InChI is InChI=1S/C53H61FN10O6/c1-36(2)47(58-52(68)61(5)33-42-19-12-14-30-55-42)49(65)60-63(32-39-22-26-41(54)27-23-39)35-44(28-24-38-16-8-7-9-17-38)64(70-51(67)46-29-25-40-18-10-11-21-45(40)57-46)50(66)48(37(3)4)59-53(69)62(6)34-43-20-13-15-31-56-43/h7-23,25-27,29-31,36-37,44,47-48H,24,28,32-35H2,1-6H3,(H,58,68)(H,59,69)(H,60,65)/t44-,47-,48-/m0/s1. The largest absolute Gasteiger partial charge is 0.381 e. The number of carbonyl (C=O) groups excluding carboxylic acids is 5. The van der Waals surface area contributed by atoms with Crippen LogP contribution >= 0.6 is 0 Å². The first-order valence-electron chi connectivity index (χ1n) is 23.2. The number of fused-ring (bicyclic) bond motifs is 1. The second kappa shape index (κ2) is 25.0. The van der Waals surface area contributed by atoms with E-state index in [4.69, 9.17) is 4.84 Å². The normalized spacial score (nSPS) is 12.5. The number of halogens is 1. The van der Waals surface area contributed by atoms with E-state index in [1.54, 1.807) is 114 Å². The molecule has 3 aromatic carbocycles. The average Bonchev–Trinajstić information content (AvgIpc) is 3.36. The number of hydroxylamine groups is 2. The molecule has 0 saturated carbocycles. The van der Waals surface area contributed by atoms with Crippen molar-refractivity contribution < 1.29 is 33.2 Å². The smallest absolute Gasteiger partial charge is 0.331 e. The number of amides is 6. The van der Waals surface area contributed by atoms with Crippen molar-refractivity contribution in [2.75, 3.05) is 20.6 Å². The molecule has 0 radical (unpaired) electrons. The third-order valence-electron chi connectivity index (χ3n) is 11.5. The molecule has 0 spiro atoms. The van der Waals surface area contributed by atoms with Crippen LogP contribution < -0.4 is 16.1 Å². The molecule has 3 aromatic heterocycles. The summed E-state index contributed by atoms with van der Waals surface area (Å²) in [6, 6.07) is 32.1. The maximum atomic E-state index is 15.3. The molecule has 70 heavy (non-hydrogen) atoms. The van der Waals surface area contributed by atoms with Crippen LogP contribution in [0.1, 0.15) is 67.1 Å². The van der Waals surface area contributed by atoms with E-state index in [1.807, 2.05) is 54.6 Å². The second-order valence-corrected chi connectivity index (χ2v) is 17.8. The summed E-state index contributed by atoms with van der Waals surface area (Å²) in [6.07, 6.45) is 3.83. The lowest BCUT2D eigenvalue weighted by Crippen LogP contribution is -2.60. The molecule has 0 aliphatic rings. The van der Waals surface area contributed by atoms with Crippen LogP contribution in [0.25, 0.3) is 10.9 Å². The fourth-order valence-corrected chi connectivity index (χ4v) is 7.60. The molecule has 3 N–H and O–H groups in total. The monoisotopic (exact) mass is 952 g/mol. The zero-order chi connectivity index (χ0) is 50.2. The van der Waals surface area contributed by atoms with Gasteiger partial charge in [0.25, 0.3) is 11.8 Å². The van der Waals surface area contributed by atoms with Gasteiger partial charge in [-0.3, -0.25) is 25.0 Å². The highest BCUT2D eigenvalue weighted by atomic mass is 19.1. The van der Waals surface area contributed by atoms with Gasteiger partial charge in [0, 0.05) is 45.0 Å². The summed E-state index contributed by atoms with van der Waals surface area (Å²) in [5.41, 5.74) is 6.25. The average molecular weight is 953 g/mol. The molecule has 0 aliphatic carbocycles. The summed E-state index contributed by atoms with van der Waals surface area (Å²) in [4.78, 5) is 93.9. The topological polar surface area (TPSA) is 182 Å². The third kappa shape index (κ3) is 14.9. The van der Waals surface area contributed by atoms with E-state index in [0.29, 0.717) is 28.9 Å². The van der Waals surface area contributed by atoms with Crippen molar-refractivity contribution >= 4 is 40.7 Å². The van der Waals surface area contributed by atoms with E-state index in [1.165, 1.54) is 28.0 Å². The van der Waals surface area contributed by atoms with Crippen LogP contribution in [0.3, 0.4) is 0 Å². The molecule has 0 unspecified atom stereocenters. The Morgan fingerprint density at radius 2 is 1.20 bits per heavy atom. The van der Waals surface area contributed by atoms with E-state index in [0.717, 1.165) is 16.0 Å². The number of para-hydroxylation sites is 1. The molecule has 366 valence electrons. The van der Waals surface area contributed by atoms with Crippen molar-refractivity contribution in [2.24, 2.45) is 11.8 Å². The van der Waals surface area contributed by atoms with Gasteiger partial charge in [0.05, 0.1) is 36.0 Å². The highest BCUT2D eigenvalue weighted by molar-refractivity contribution is 5.93. The number of hydrogen-bond acceptors (Lipinski definition) is 10. The lowest BCUT2D eigenvalue weighted by atomic mass is 10.0. The Balaban J connectivity index is 1.37. The number of rotatable bonds is 20. The first kappa shape index (κ1) is 51.6. The second-order valence-electron chi connectivity index (χ2n) is 17.8. The number of carbonyl (C=O) groups is 5. The van der Waals surface area contributed by atoms with Crippen LogP contribution in [0.4, 0.5) is 14.0 Å². The molecule has 6 rings (SSSR count). The minimum atomic E-state index is -1.22. The van der Waals surface area contributed by atoms with Crippen molar-refractivity contribution in [1.82, 2.24) is 50.9 Å². The molecule has 0 aliphatic heterocycles. The predicted molar refractivity (Wildman–Crippen MR) is 263 cm³/mol. The quantitative estimate of drug-likeness (QED) is 0.0656. The van der Waals surface area contributed by atoms with Gasteiger partial charge < -0.3 is 25.3 Å². The minimum absolute atomic E-state index is 0.00291. The van der Waals surface area contributed by atoms with Gasteiger partial charge in [0.2, 0.25) is 0 Å². The van der Waals surface area contributed by atoms with Crippen molar-refractivity contribution in [3.05, 3.63) is 174 Å². The van der Waals surface area contributed by atoms with Gasteiger partial charge in [0.15, 0.2) is 5.69 Å². The Bertz CT molecular complexity index is 2660. The zero-order valence-electron chi connectivity index (χ0n) is 40.4. The number of aromatic nitrogens is 3. The van der Waals surface area contributed by atoms with E-state index in [2.05, 4.69) is 31.0 Å². The fraction of sp³-hybridized carbons (Fsp3) is 0.321. The Morgan fingerprint density at radius 1 is 0.629 bits per heavy atom. The van der Waals surface area contributed by atoms with E-state index in [-0.39, 0.29) is 38.3 Å². The Kier molecular flexibility index (Phi) is 18.4.